The number of methoxy groups -OCH3 is 1. The van der Waals surface area contributed by atoms with Gasteiger partial charge in [0.15, 0.2) is 5.96 Å². The maximum absolute atomic E-state index is 13.1. The van der Waals surface area contributed by atoms with Crippen molar-refractivity contribution in [1.82, 2.24) is 10.6 Å². The summed E-state index contributed by atoms with van der Waals surface area (Å²) in [6.07, 6.45) is 3.90. The van der Waals surface area contributed by atoms with E-state index in [1.54, 1.807) is 12.1 Å². The van der Waals surface area contributed by atoms with Crippen LogP contribution in [0.4, 0.5) is 4.39 Å². The fraction of sp³-hybridized carbons (Fsp3) is 0.556. The van der Waals surface area contributed by atoms with Crippen LogP contribution in [0.2, 0.25) is 0 Å². The second-order valence-corrected chi connectivity index (χ2v) is 5.45. The Morgan fingerprint density at radius 3 is 2.79 bits per heavy atom. The standard InChI is InChI=1S/C18H28FN3O2/c1-3-20-18(21-12-6-4-5-10-17(23)24-2)22-13-11-15-8-7-9-16(19)14-15/h7-9,14H,3-6,10-13H2,1-2H3,(H2,20,21,22). The average molecular weight is 337 g/mol. The zero-order valence-corrected chi connectivity index (χ0v) is 14.6. The minimum atomic E-state index is -0.208. The third-order valence-electron chi connectivity index (χ3n) is 3.48. The normalized spacial score (nSPS) is 11.2. The summed E-state index contributed by atoms with van der Waals surface area (Å²) < 4.78 is 17.7. The van der Waals surface area contributed by atoms with E-state index in [4.69, 9.17) is 0 Å². The third-order valence-corrected chi connectivity index (χ3v) is 3.48. The number of nitrogens with one attached hydrogen (secondary N) is 2. The fourth-order valence-electron chi connectivity index (χ4n) is 2.21. The van der Waals surface area contributed by atoms with Gasteiger partial charge in [-0.1, -0.05) is 18.6 Å². The molecule has 5 nitrogen and oxygen atoms in total. The molecule has 134 valence electrons. The number of halogens is 1. The van der Waals surface area contributed by atoms with Gasteiger partial charge in [0.1, 0.15) is 5.82 Å². The number of unbranched alkanes of at least 4 members (excludes halogenated alkanes) is 2. The van der Waals surface area contributed by atoms with Crippen molar-refractivity contribution in [3.05, 3.63) is 35.6 Å². The molecule has 6 heteroatoms. The van der Waals surface area contributed by atoms with Gasteiger partial charge in [-0.25, -0.2) is 4.39 Å². The number of benzene rings is 1. The summed E-state index contributed by atoms with van der Waals surface area (Å²) in [4.78, 5) is 15.5. The van der Waals surface area contributed by atoms with Gasteiger partial charge in [-0.2, -0.15) is 0 Å². The molecule has 24 heavy (non-hydrogen) atoms. The predicted octanol–water partition coefficient (Wildman–Crippen LogP) is 2.66. The van der Waals surface area contributed by atoms with Gasteiger partial charge in [0.05, 0.1) is 7.11 Å². The first-order valence-corrected chi connectivity index (χ1v) is 8.49. The predicted molar refractivity (Wildman–Crippen MR) is 94.6 cm³/mol. The molecule has 0 aliphatic carbocycles. The maximum atomic E-state index is 13.1. The first kappa shape index (κ1) is 19.9. The molecule has 0 aromatic heterocycles. The van der Waals surface area contributed by atoms with E-state index in [0.717, 1.165) is 43.8 Å². The van der Waals surface area contributed by atoms with Gasteiger partial charge in [-0.15, -0.1) is 0 Å². The van der Waals surface area contributed by atoms with Gasteiger partial charge in [0.25, 0.3) is 0 Å². The van der Waals surface area contributed by atoms with Crippen molar-refractivity contribution < 1.29 is 13.9 Å². The van der Waals surface area contributed by atoms with Crippen LogP contribution in [0.15, 0.2) is 29.3 Å². The summed E-state index contributed by atoms with van der Waals surface area (Å²) in [5.74, 6) is 0.396. The van der Waals surface area contributed by atoms with Crippen molar-refractivity contribution >= 4 is 11.9 Å². The molecule has 0 atom stereocenters. The Balaban J connectivity index is 2.25. The highest BCUT2D eigenvalue weighted by Crippen LogP contribution is 2.03. The van der Waals surface area contributed by atoms with Crippen molar-refractivity contribution in [2.24, 2.45) is 4.99 Å². The number of hydrogen-bond acceptors (Lipinski definition) is 3. The van der Waals surface area contributed by atoms with E-state index in [2.05, 4.69) is 20.4 Å². The number of carbonyl (C=O) groups excluding carboxylic acids is 1. The molecule has 1 aromatic rings. The van der Waals surface area contributed by atoms with Crippen LogP contribution in [0.1, 0.15) is 38.2 Å². The molecular weight excluding hydrogens is 309 g/mol. The van der Waals surface area contributed by atoms with Gasteiger partial charge in [-0.05, 0) is 43.9 Å². The molecule has 0 saturated heterocycles. The molecule has 1 aromatic carbocycles. The first-order chi connectivity index (χ1) is 11.7. The Kier molecular flexibility index (Phi) is 10.2. The zero-order chi connectivity index (χ0) is 17.6. The van der Waals surface area contributed by atoms with Crippen molar-refractivity contribution in [1.29, 1.82) is 0 Å². The maximum Gasteiger partial charge on any atom is 0.305 e. The van der Waals surface area contributed by atoms with Crippen LogP contribution in [-0.4, -0.2) is 38.7 Å². The Morgan fingerprint density at radius 1 is 1.25 bits per heavy atom. The molecule has 0 unspecified atom stereocenters. The molecule has 0 aliphatic rings. The lowest BCUT2D eigenvalue weighted by molar-refractivity contribution is -0.140. The van der Waals surface area contributed by atoms with E-state index >= 15 is 0 Å². The second-order valence-electron chi connectivity index (χ2n) is 5.45. The summed E-state index contributed by atoms with van der Waals surface area (Å²) in [6.45, 7) is 4.20. The molecule has 0 bridgehead atoms. The molecule has 0 heterocycles. The molecular formula is C18H28FN3O2. The summed E-state index contributed by atoms with van der Waals surface area (Å²) in [6, 6.07) is 6.63. The minimum absolute atomic E-state index is 0.161. The third kappa shape index (κ3) is 9.12. The number of aliphatic imine (C=N–C) groups is 1. The molecule has 2 N–H and O–H groups in total. The number of esters is 1. The van der Waals surface area contributed by atoms with E-state index < -0.39 is 0 Å². The Bertz CT molecular complexity index is 521. The van der Waals surface area contributed by atoms with Crippen LogP contribution in [0.5, 0.6) is 0 Å². The molecule has 0 radical (unpaired) electrons. The van der Waals surface area contributed by atoms with Crippen molar-refractivity contribution in [3.63, 3.8) is 0 Å². The number of guanidine groups is 1. The molecule has 0 spiro atoms. The van der Waals surface area contributed by atoms with E-state index in [-0.39, 0.29) is 11.8 Å². The van der Waals surface area contributed by atoms with E-state index in [0.29, 0.717) is 19.5 Å². The Labute approximate surface area is 143 Å². The number of nitrogens with zero attached hydrogens (tertiary/aromatic N) is 1. The van der Waals surface area contributed by atoms with Crippen molar-refractivity contribution in [3.8, 4) is 0 Å². The van der Waals surface area contributed by atoms with Gasteiger partial charge in [0.2, 0.25) is 0 Å². The van der Waals surface area contributed by atoms with Crippen LogP contribution in [-0.2, 0) is 16.0 Å². The van der Waals surface area contributed by atoms with Gasteiger partial charge in [0, 0.05) is 26.1 Å². The molecule has 0 amide bonds. The van der Waals surface area contributed by atoms with Crippen LogP contribution in [0.25, 0.3) is 0 Å². The molecule has 1 rings (SSSR count). The lowest BCUT2D eigenvalue weighted by Crippen LogP contribution is -2.38. The summed E-state index contributed by atoms with van der Waals surface area (Å²) >= 11 is 0. The van der Waals surface area contributed by atoms with Crippen molar-refractivity contribution in [2.75, 3.05) is 26.7 Å². The monoisotopic (exact) mass is 337 g/mol. The van der Waals surface area contributed by atoms with Crippen LogP contribution in [0.3, 0.4) is 0 Å². The number of rotatable bonds is 10. The smallest absolute Gasteiger partial charge is 0.305 e. The molecule has 0 aliphatic heterocycles. The highest BCUT2D eigenvalue weighted by molar-refractivity contribution is 5.79. The van der Waals surface area contributed by atoms with Gasteiger partial charge in [-0.3, -0.25) is 9.79 Å². The molecule has 0 fully saturated rings. The number of ether oxygens (including phenoxy) is 1. The fourth-order valence-corrected chi connectivity index (χ4v) is 2.21. The van der Waals surface area contributed by atoms with Crippen LogP contribution < -0.4 is 10.6 Å². The Hall–Kier alpha value is -2.11. The minimum Gasteiger partial charge on any atom is -0.469 e. The highest BCUT2D eigenvalue weighted by atomic mass is 19.1. The number of carbonyl (C=O) groups is 1. The van der Waals surface area contributed by atoms with Gasteiger partial charge >= 0.3 is 5.97 Å². The lowest BCUT2D eigenvalue weighted by atomic mass is 10.1. The summed E-state index contributed by atoms with van der Waals surface area (Å²) in [5.41, 5.74) is 0.959. The van der Waals surface area contributed by atoms with E-state index in [9.17, 15) is 9.18 Å². The topological polar surface area (TPSA) is 62.7 Å². The number of hydrogen-bond donors (Lipinski definition) is 2. The first-order valence-electron chi connectivity index (χ1n) is 8.49. The van der Waals surface area contributed by atoms with Crippen LogP contribution in [0, 0.1) is 5.82 Å². The highest BCUT2D eigenvalue weighted by Gasteiger charge is 2.00. The SMILES string of the molecule is CCNC(=NCCCCCC(=O)OC)NCCc1cccc(F)c1. The van der Waals surface area contributed by atoms with Crippen molar-refractivity contribution in [2.45, 2.75) is 39.0 Å². The quantitative estimate of drug-likeness (QED) is 0.298. The zero-order valence-electron chi connectivity index (χ0n) is 14.6. The Morgan fingerprint density at radius 2 is 2.08 bits per heavy atom. The van der Waals surface area contributed by atoms with Gasteiger partial charge < -0.3 is 15.4 Å². The average Bonchev–Trinajstić information content (AvgIpc) is 2.57. The summed E-state index contributed by atoms with van der Waals surface area (Å²) in [7, 11) is 1.41. The van der Waals surface area contributed by atoms with E-state index in [1.165, 1.54) is 13.2 Å². The summed E-state index contributed by atoms with van der Waals surface area (Å²) in [5, 5.41) is 6.44. The van der Waals surface area contributed by atoms with E-state index in [1.807, 2.05) is 13.0 Å². The second kappa shape index (κ2) is 12.3. The van der Waals surface area contributed by atoms with Crippen LogP contribution >= 0.6 is 0 Å². The lowest BCUT2D eigenvalue weighted by Gasteiger charge is -2.11. The largest absolute Gasteiger partial charge is 0.469 e. The molecule has 0 saturated carbocycles.